The molecule has 1 aromatic carbocycles. The summed E-state index contributed by atoms with van der Waals surface area (Å²) in [7, 11) is 2.01. The Morgan fingerprint density at radius 1 is 1.29 bits per heavy atom. The average molecular weight is 288 g/mol. The average Bonchev–Trinajstić information content (AvgIpc) is 2.83. The van der Waals surface area contributed by atoms with Gasteiger partial charge in [0, 0.05) is 31.1 Å². The Morgan fingerprint density at radius 3 is 2.62 bits per heavy atom. The van der Waals surface area contributed by atoms with Gasteiger partial charge in [0.2, 0.25) is 0 Å². The Hall–Kier alpha value is -1.39. The van der Waals surface area contributed by atoms with Crippen molar-refractivity contribution >= 4 is 10.9 Å². The first kappa shape index (κ1) is 16.0. The lowest BCUT2D eigenvalue weighted by atomic mass is 9.95. The van der Waals surface area contributed by atoms with E-state index in [-0.39, 0.29) is 5.54 Å². The van der Waals surface area contributed by atoms with Gasteiger partial charge in [0.1, 0.15) is 0 Å². The molecular formula is C17H28N4. The van der Waals surface area contributed by atoms with Crippen LogP contribution in [0.5, 0.6) is 0 Å². The van der Waals surface area contributed by atoms with E-state index in [4.69, 9.17) is 10.8 Å². The summed E-state index contributed by atoms with van der Waals surface area (Å²) in [6, 6.07) is 8.43. The van der Waals surface area contributed by atoms with Gasteiger partial charge in [0.05, 0.1) is 11.2 Å². The summed E-state index contributed by atoms with van der Waals surface area (Å²) in [5, 5.41) is 5.97. The van der Waals surface area contributed by atoms with E-state index in [1.807, 2.05) is 11.7 Å². The molecule has 0 aliphatic rings. The highest BCUT2D eigenvalue weighted by Crippen LogP contribution is 2.24. The first-order valence-corrected chi connectivity index (χ1v) is 7.91. The second-order valence-electron chi connectivity index (χ2n) is 6.06. The van der Waals surface area contributed by atoms with Crippen molar-refractivity contribution in [1.29, 1.82) is 0 Å². The smallest absolute Gasteiger partial charge is 0.0843 e. The molecule has 2 aromatic rings. The fourth-order valence-electron chi connectivity index (χ4n) is 2.89. The van der Waals surface area contributed by atoms with E-state index >= 15 is 0 Å². The monoisotopic (exact) mass is 288 g/mol. The molecule has 0 radical (unpaired) electrons. The van der Waals surface area contributed by atoms with Crippen LogP contribution in [0.2, 0.25) is 0 Å². The van der Waals surface area contributed by atoms with Gasteiger partial charge in [-0.05, 0) is 32.4 Å². The van der Waals surface area contributed by atoms with E-state index in [1.54, 1.807) is 0 Å². The molecule has 116 valence electrons. The highest BCUT2D eigenvalue weighted by molar-refractivity contribution is 5.81. The van der Waals surface area contributed by atoms with Gasteiger partial charge in [-0.25, -0.2) is 0 Å². The van der Waals surface area contributed by atoms with Gasteiger partial charge in [-0.15, -0.1) is 0 Å². The van der Waals surface area contributed by atoms with Crippen LogP contribution in [0.4, 0.5) is 0 Å². The van der Waals surface area contributed by atoms with E-state index in [1.165, 1.54) is 10.9 Å². The second kappa shape index (κ2) is 6.58. The zero-order valence-electron chi connectivity index (χ0n) is 13.8. The highest BCUT2D eigenvalue weighted by Gasteiger charge is 2.29. The van der Waals surface area contributed by atoms with Crippen LogP contribution in [-0.2, 0) is 13.6 Å². The van der Waals surface area contributed by atoms with Crippen molar-refractivity contribution in [3.63, 3.8) is 0 Å². The summed E-state index contributed by atoms with van der Waals surface area (Å²) in [6.45, 7) is 9.27. The predicted octanol–water partition coefficient (Wildman–Crippen LogP) is 2.91. The first-order valence-electron chi connectivity index (χ1n) is 7.91. The van der Waals surface area contributed by atoms with Gasteiger partial charge < -0.3 is 5.73 Å². The van der Waals surface area contributed by atoms with Gasteiger partial charge in [0.15, 0.2) is 0 Å². The number of fused-ring (bicyclic) bond motifs is 1. The molecule has 0 aliphatic carbocycles. The Labute approximate surface area is 127 Å². The number of aromatic nitrogens is 2. The fourth-order valence-corrected chi connectivity index (χ4v) is 2.89. The van der Waals surface area contributed by atoms with E-state index in [9.17, 15) is 0 Å². The van der Waals surface area contributed by atoms with Crippen molar-refractivity contribution in [3.8, 4) is 0 Å². The molecule has 1 heterocycles. The Bertz CT molecular complexity index is 583. The van der Waals surface area contributed by atoms with Crippen LogP contribution in [0.1, 0.15) is 39.3 Å². The summed E-state index contributed by atoms with van der Waals surface area (Å²) >= 11 is 0. The number of aryl methyl sites for hydroxylation is 1. The van der Waals surface area contributed by atoms with Gasteiger partial charge in [-0.3, -0.25) is 9.58 Å². The molecule has 0 fully saturated rings. The summed E-state index contributed by atoms with van der Waals surface area (Å²) < 4.78 is 1.97. The van der Waals surface area contributed by atoms with Crippen molar-refractivity contribution < 1.29 is 0 Å². The van der Waals surface area contributed by atoms with Crippen LogP contribution in [0.25, 0.3) is 10.9 Å². The number of benzene rings is 1. The molecule has 0 bridgehead atoms. The van der Waals surface area contributed by atoms with Gasteiger partial charge in [-0.2, -0.15) is 5.10 Å². The fraction of sp³-hybridized carbons (Fsp3) is 0.588. The van der Waals surface area contributed by atoms with Crippen molar-refractivity contribution in [2.24, 2.45) is 12.8 Å². The molecule has 0 aliphatic heterocycles. The van der Waals surface area contributed by atoms with Gasteiger partial charge >= 0.3 is 0 Å². The van der Waals surface area contributed by atoms with Crippen LogP contribution >= 0.6 is 0 Å². The molecule has 21 heavy (non-hydrogen) atoms. The number of hydrogen-bond acceptors (Lipinski definition) is 3. The molecule has 4 heteroatoms. The van der Waals surface area contributed by atoms with Crippen LogP contribution < -0.4 is 5.73 Å². The zero-order chi connectivity index (χ0) is 15.5. The third kappa shape index (κ3) is 3.11. The molecule has 1 atom stereocenters. The minimum absolute atomic E-state index is 0.0363. The Kier molecular flexibility index (Phi) is 5.01. The van der Waals surface area contributed by atoms with Crippen LogP contribution in [0, 0.1) is 0 Å². The minimum Gasteiger partial charge on any atom is -0.329 e. The molecule has 1 aromatic heterocycles. The summed E-state index contributed by atoms with van der Waals surface area (Å²) in [5.41, 5.74) is 8.43. The van der Waals surface area contributed by atoms with Crippen molar-refractivity contribution in [2.45, 2.75) is 45.7 Å². The molecule has 2 N–H and O–H groups in total. The van der Waals surface area contributed by atoms with Crippen LogP contribution in [0.15, 0.2) is 24.3 Å². The predicted molar refractivity (Wildman–Crippen MR) is 89.2 cm³/mol. The molecule has 0 spiro atoms. The lowest BCUT2D eigenvalue weighted by molar-refractivity contribution is 0.0960. The molecule has 4 nitrogen and oxygen atoms in total. The van der Waals surface area contributed by atoms with E-state index in [0.717, 1.165) is 31.6 Å². The lowest BCUT2D eigenvalue weighted by Crippen LogP contribution is -2.51. The molecule has 1 unspecified atom stereocenters. The molecule has 0 saturated carbocycles. The third-order valence-electron chi connectivity index (χ3n) is 4.63. The van der Waals surface area contributed by atoms with E-state index in [2.05, 4.69) is 49.9 Å². The number of rotatable bonds is 7. The standard InChI is InChI=1S/C17H28N4/c1-5-11-21(17(3,6-2)13-18)12-15-14-9-7-8-10-16(14)20(4)19-15/h7-10H,5-6,11-13,18H2,1-4H3. The highest BCUT2D eigenvalue weighted by atomic mass is 15.3. The topological polar surface area (TPSA) is 47.1 Å². The first-order chi connectivity index (χ1) is 10.1. The number of hydrogen-bond donors (Lipinski definition) is 1. The van der Waals surface area contributed by atoms with Crippen molar-refractivity contribution in [3.05, 3.63) is 30.0 Å². The third-order valence-corrected chi connectivity index (χ3v) is 4.63. The quantitative estimate of drug-likeness (QED) is 0.852. The van der Waals surface area contributed by atoms with E-state index < -0.39 is 0 Å². The zero-order valence-corrected chi connectivity index (χ0v) is 13.8. The summed E-state index contributed by atoms with van der Waals surface area (Å²) in [5.74, 6) is 0. The van der Waals surface area contributed by atoms with E-state index in [0.29, 0.717) is 6.54 Å². The Balaban J connectivity index is 2.35. The normalized spacial score (nSPS) is 14.8. The van der Waals surface area contributed by atoms with Crippen LogP contribution in [0.3, 0.4) is 0 Å². The van der Waals surface area contributed by atoms with Crippen LogP contribution in [-0.4, -0.2) is 33.3 Å². The second-order valence-corrected chi connectivity index (χ2v) is 6.06. The minimum atomic E-state index is 0.0363. The number of nitrogens with zero attached hydrogens (tertiary/aromatic N) is 3. The largest absolute Gasteiger partial charge is 0.329 e. The number of para-hydroxylation sites is 1. The summed E-state index contributed by atoms with van der Waals surface area (Å²) in [6.07, 6.45) is 2.18. The molecule has 0 amide bonds. The Morgan fingerprint density at radius 2 is 2.00 bits per heavy atom. The van der Waals surface area contributed by atoms with Crippen molar-refractivity contribution in [2.75, 3.05) is 13.1 Å². The maximum atomic E-state index is 6.05. The molecule has 0 saturated heterocycles. The maximum absolute atomic E-state index is 6.05. The number of nitrogens with two attached hydrogens (primary N) is 1. The molecular weight excluding hydrogens is 260 g/mol. The van der Waals surface area contributed by atoms with Gasteiger partial charge in [0.25, 0.3) is 0 Å². The van der Waals surface area contributed by atoms with Crippen molar-refractivity contribution in [1.82, 2.24) is 14.7 Å². The molecule has 2 rings (SSSR count). The summed E-state index contributed by atoms with van der Waals surface area (Å²) in [4.78, 5) is 2.49. The van der Waals surface area contributed by atoms with Gasteiger partial charge in [-0.1, -0.05) is 32.0 Å². The lowest BCUT2D eigenvalue weighted by Gasteiger charge is -2.39. The SMILES string of the molecule is CCCN(Cc1nn(C)c2ccccc12)C(C)(CC)CN. The maximum Gasteiger partial charge on any atom is 0.0843 e.